The molecule has 1 aromatic carbocycles. The molecule has 0 amide bonds. The van der Waals surface area contributed by atoms with Gasteiger partial charge in [-0.25, -0.2) is 14.5 Å². The van der Waals surface area contributed by atoms with Crippen LogP contribution in [-0.4, -0.2) is 37.6 Å². The Morgan fingerprint density at radius 1 is 1.29 bits per heavy atom. The molecule has 0 atom stereocenters. The van der Waals surface area contributed by atoms with Gasteiger partial charge in [0, 0.05) is 17.3 Å². The fraction of sp³-hybridized carbons (Fsp3) is 0.333. The number of aliphatic carboxylic acids is 1. The van der Waals surface area contributed by atoms with Crippen molar-refractivity contribution in [2.75, 3.05) is 12.8 Å². The number of nitrogens with one attached hydrogen (secondary N) is 1. The molecule has 1 aliphatic rings. The van der Waals surface area contributed by atoms with Gasteiger partial charge in [0.05, 0.1) is 18.3 Å². The van der Waals surface area contributed by atoms with Crippen molar-refractivity contribution < 1.29 is 66.0 Å². The van der Waals surface area contributed by atoms with Gasteiger partial charge in [0.25, 0.3) is 0 Å². The van der Waals surface area contributed by atoms with E-state index in [-0.39, 0.29) is 57.3 Å². The van der Waals surface area contributed by atoms with Crippen LogP contribution in [0.2, 0.25) is 0 Å². The van der Waals surface area contributed by atoms with Gasteiger partial charge in [-0.05, 0) is 43.7 Å². The number of imidazole rings is 1. The first-order valence-electron chi connectivity index (χ1n) is 9.93. The van der Waals surface area contributed by atoms with E-state index >= 15 is 0 Å². The molecule has 3 N–H and O–H groups in total. The van der Waals surface area contributed by atoms with Crippen LogP contribution in [0.4, 0.5) is 5.82 Å². The molecule has 10 heteroatoms. The van der Waals surface area contributed by atoms with Crippen LogP contribution in [-0.2, 0) is 4.79 Å². The molecule has 154 valence electrons. The summed E-state index contributed by atoms with van der Waals surface area (Å²) >= 11 is 0. The number of hydrogen-bond acceptors (Lipinski definition) is 7. The Kier molecular flexibility index (Phi) is 6.36. The molecule has 0 spiro atoms. The number of methoxy groups -OCH3 is 1. The van der Waals surface area contributed by atoms with Gasteiger partial charge < -0.3 is 25.4 Å². The molecule has 31 heavy (non-hydrogen) atoms. The van der Waals surface area contributed by atoms with Crippen molar-refractivity contribution in [3.8, 4) is 17.1 Å². The number of ether oxygens (including phenoxy) is 1. The summed E-state index contributed by atoms with van der Waals surface area (Å²) in [6.45, 7) is 0. The number of aromatic amines is 1. The predicted molar refractivity (Wildman–Crippen MR) is 109 cm³/mol. The second-order valence-electron chi connectivity index (χ2n) is 7.70. The standard InChI is InChI=1S/C21H22N6O3.K/c1-30-15-4-2-3-13-9-14(25-16(13)15)17-18-19(22)23-10-24-27(18)20(26-17)11-5-7-12(8-6-11)21(28)29;/h2-4,9-12,25H,5-8H2,1H3,(H,28,29)(H2,22,23,24);/q;+1/p-1. The van der Waals surface area contributed by atoms with Gasteiger partial charge in [-0.1, -0.05) is 12.1 Å². The van der Waals surface area contributed by atoms with Gasteiger partial charge in [-0.2, -0.15) is 5.10 Å². The van der Waals surface area contributed by atoms with E-state index < -0.39 is 11.9 Å². The molecule has 0 bridgehead atoms. The zero-order chi connectivity index (χ0) is 20.8. The van der Waals surface area contributed by atoms with Crippen LogP contribution in [0.25, 0.3) is 27.8 Å². The Morgan fingerprint density at radius 3 is 2.77 bits per heavy atom. The zero-order valence-corrected chi connectivity index (χ0v) is 20.6. The van der Waals surface area contributed by atoms with Crippen molar-refractivity contribution in [3.05, 3.63) is 36.4 Å². The average Bonchev–Trinajstić information content (AvgIpc) is 3.36. The van der Waals surface area contributed by atoms with Crippen LogP contribution in [0, 0.1) is 5.92 Å². The molecular weight excluding hydrogens is 423 g/mol. The van der Waals surface area contributed by atoms with E-state index in [4.69, 9.17) is 15.5 Å². The number of nitrogens with zero attached hydrogens (tertiary/aromatic N) is 4. The maximum absolute atomic E-state index is 11.2. The molecule has 0 unspecified atom stereocenters. The predicted octanol–water partition coefficient (Wildman–Crippen LogP) is -1.11. The number of anilines is 1. The number of para-hydroxylation sites is 1. The van der Waals surface area contributed by atoms with Crippen molar-refractivity contribution in [3.63, 3.8) is 0 Å². The normalized spacial score (nSPS) is 18.7. The molecule has 1 fully saturated rings. The second kappa shape index (κ2) is 8.87. The summed E-state index contributed by atoms with van der Waals surface area (Å²) in [6.07, 6.45) is 3.98. The van der Waals surface area contributed by atoms with Crippen LogP contribution >= 0.6 is 0 Å². The Hall–Kier alpha value is -1.98. The number of aromatic nitrogens is 5. The van der Waals surface area contributed by atoms with E-state index in [1.165, 1.54) is 6.33 Å². The monoisotopic (exact) mass is 444 g/mol. The summed E-state index contributed by atoms with van der Waals surface area (Å²) < 4.78 is 7.20. The minimum atomic E-state index is -0.972. The first-order valence-corrected chi connectivity index (χ1v) is 9.93. The molecular formula is C21H21KN6O3. The van der Waals surface area contributed by atoms with Gasteiger partial charge in [-0.3, -0.25) is 0 Å². The number of carbonyl (C=O) groups is 1. The van der Waals surface area contributed by atoms with Gasteiger partial charge in [0.2, 0.25) is 0 Å². The van der Waals surface area contributed by atoms with Crippen molar-refractivity contribution in [2.24, 2.45) is 5.92 Å². The summed E-state index contributed by atoms with van der Waals surface area (Å²) in [7, 11) is 1.63. The van der Waals surface area contributed by atoms with Gasteiger partial charge in [0.15, 0.2) is 5.82 Å². The van der Waals surface area contributed by atoms with E-state index in [2.05, 4.69) is 15.1 Å². The summed E-state index contributed by atoms with van der Waals surface area (Å²) in [4.78, 5) is 23.7. The summed E-state index contributed by atoms with van der Waals surface area (Å²) in [5.74, 6) is 0.584. The topological polar surface area (TPSA) is 134 Å². The zero-order valence-electron chi connectivity index (χ0n) is 17.5. The van der Waals surface area contributed by atoms with E-state index in [0.717, 1.165) is 28.2 Å². The van der Waals surface area contributed by atoms with Gasteiger partial charge in [-0.15, -0.1) is 0 Å². The van der Waals surface area contributed by atoms with Crippen LogP contribution in [0.15, 0.2) is 30.6 Å². The third kappa shape index (κ3) is 3.87. The third-order valence-corrected chi connectivity index (χ3v) is 6.00. The largest absolute Gasteiger partial charge is 1.00 e. The van der Waals surface area contributed by atoms with Crippen LogP contribution in [0.1, 0.15) is 37.4 Å². The molecule has 4 aromatic rings. The first kappa shape index (κ1) is 22.2. The molecule has 9 nitrogen and oxygen atoms in total. The number of fused-ring (bicyclic) bond motifs is 2. The summed E-state index contributed by atoms with van der Waals surface area (Å²) in [6, 6.07) is 7.83. The molecule has 3 aromatic heterocycles. The molecule has 0 radical (unpaired) electrons. The SMILES string of the molecule is COc1cccc2cc(-c3nc(C4CCC(C(=O)[O-])CC4)n4ncnc(N)c34)[nH]c12.[K+]. The van der Waals surface area contributed by atoms with Crippen molar-refractivity contribution in [2.45, 2.75) is 31.6 Å². The molecule has 1 saturated carbocycles. The fourth-order valence-electron chi connectivity index (χ4n) is 4.44. The van der Waals surface area contributed by atoms with Crippen molar-refractivity contribution >= 4 is 28.2 Å². The molecule has 0 saturated heterocycles. The van der Waals surface area contributed by atoms with E-state index in [1.807, 2.05) is 24.3 Å². The number of nitrogen functional groups attached to an aromatic ring is 1. The Labute approximate surface area is 220 Å². The Morgan fingerprint density at radius 2 is 2.06 bits per heavy atom. The number of hydrogen-bond donors (Lipinski definition) is 2. The minimum absolute atomic E-state index is 0. The number of carboxylic acids is 1. The third-order valence-electron chi connectivity index (χ3n) is 6.00. The quantitative estimate of drug-likeness (QED) is 0.381. The number of nitrogens with two attached hydrogens (primary N) is 1. The van der Waals surface area contributed by atoms with Gasteiger partial charge >= 0.3 is 51.4 Å². The average molecular weight is 445 g/mol. The molecule has 1 aliphatic carbocycles. The van der Waals surface area contributed by atoms with E-state index in [9.17, 15) is 9.90 Å². The minimum Gasteiger partial charge on any atom is -0.550 e. The molecule has 5 rings (SSSR count). The summed E-state index contributed by atoms with van der Waals surface area (Å²) in [5, 5.41) is 16.6. The number of H-pyrrole nitrogens is 1. The molecule has 3 heterocycles. The Bertz CT molecular complexity index is 1260. The van der Waals surface area contributed by atoms with Crippen LogP contribution in [0.5, 0.6) is 5.75 Å². The number of carbonyl (C=O) groups excluding carboxylic acids is 1. The number of rotatable bonds is 4. The molecule has 0 aliphatic heterocycles. The maximum Gasteiger partial charge on any atom is 1.00 e. The summed E-state index contributed by atoms with van der Waals surface area (Å²) in [5.41, 5.74) is 9.19. The van der Waals surface area contributed by atoms with E-state index in [1.54, 1.807) is 11.6 Å². The fourth-order valence-corrected chi connectivity index (χ4v) is 4.44. The number of benzene rings is 1. The maximum atomic E-state index is 11.2. The number of carboxylic acid groups (broad SMARTS) is 1. The van der Waals surface area contributed by atoms with E-state index in [0.29, 0.717) is 42.7 Å². The van der Waals surface area contributed by atoms with Gasteiger partial charge in [0.1, 0.15) is 29.1 Å². The van der Waals surface area contributed by atoms with Crippen molar-refractivity contribution in [1.82, 2.24) is 24.6 Å². The smallest absolute Gasteiger partial charge is 0.550 e. The first-order chi connectivity index (χ1) is 14.6. The van der Waals surface area contributed by atoms with Crippen LogP contribution in [0.3, 0.4) is 0 Å². The van der Waals surface area contributed by atoms with Crippen molar-refractivity contribution in [1.29, 1.82) is 0 Å². The Balaban J connectivity index is 0.00000231. The second-order valence-corrected chi connectivity index (χ2v) is 7.70. The van der Waals surface area contributed by atoms with Crippen LogP contribution < -0.4 is 67.0 Å².